The van der Waals surface area contributed by atoms with E-state index in [0.29, 0.717) is 11.5 Å². The van der Waals surface area contributed by atoms with Crippen LogP contribution in [0, 0.1) is 32.9 Å². The number of nitrogens with zero attached hydrogens (tertiary/aromatic N) is 5. The molecule has 1 aliphatic rings. The SMILES string of the molecule is Cc1cc(C)c(-c2cn3c4cccnc4c4ccc(Oc5[c-]c6c(cc5)c5cccc7c5n6-c5ncccc5C7(c5ccccc5)c5ccccc5)[c-]c4c3n2)c(C)c1.[Pt+2]. The molecule has 6 nitrogen and oxygen atoms in total. The van der Waals surface area contributed by atoms with Gasteiger partial charge in [0, 0.05) is 46.7 Å². The summed E-state index contributed by atoms with van der Waals surface area (Å²) < 4.78 is 11.1. The Morgan fingerprint density at radius 3 is 2.03 bits per heavy atom. The van der Waals surface area contributed by atoms with Gasteiger partial charge in [-0.15, -0.1) is 23.6 Å². The number of benzene rings is 6. The van der Waals surface area contributed by atoms with Gasteiger partial charge in [0.2, 0.25) is 0 Å². The van der Waals surface area contributed by atoms with Crippen LogP contribution < -0.4 is 4.74 Å². The normalized spacial score (nSPS) is 12.9. The molecule has 0 saturated carbocycles. The molecular formula is C53H35N5OPt. The number of imidazole rings is 1. The van der Waals surface area contributed by atoms with Crippen LogP contribution >= 0.6 is 0 Å². The average molecular weight is 953 g/mol. The summed E-state index contributed by atoms with van der Waals surface area (Å²) in [6.07, 6.45) is 5.85. The van der Waals surface area contributed by atoms with Crippen molar-refractivity contribution in [2.45, 2.75) is 26.2 Å². The Morgan fingerprint density at radius 2 is 1.28 bits per heavy atom. The van der Waals surface area contributed by atoms with E-state index in [9.17, 15) is 0 Å². The first-order chi connectivity index (χ1) is 29.0. The number of aryl methyl sites for hydroxylation is 3. The summed E-state index contributed by atoms with van der Waals surface area (Å²) in [4.78, 5) is 15.2. The zero-order chi connectivity index (χ0) is 39.4. The van der Waals surface area contributed by atoms with E-state index in [2.05, 4.69) is 163 Å². The van der Waals surface area contributed by atoms with Crippen LogP contribution in [-0.2, 0) is 26.5 Å². The van der Waals surface area contributed by atoms with Crippen molar-refractivity contribution >= 4 is 49.3 Å². The van der Waals surface area contributed by atoms with Crippen LogP contribution in [0.5, 0.6) is 11.5 Å². The summed E-state index contributed by atoms with van der Waals surface area (Å²) in [5.41, 5.74) is 14.5. The molecule has 0 aliphatic carbocycles. The van der Waals surface area contributed by atoms with Gasteiger partial charge in [-0.1, -0.05) is 131 Å². The van der Waals surface area contributed by atoms with Crippen molar-refractivity contribution in [1.29, 1.82) is 0 Å². The van der Waals surface area contributed by atoms with Gasteiger partial charge < -0.3 is 13.7 Å². The van der Waals surface area contributed by atoms with Crippen LogP contribution in [0.4, 0.5) is 0 Å². The first-order valence-electron chi connectivity index (χ1n) is 19.9. The summed E-state index contributed by atoms with van der Waals surface area (Å²) in [6.45, 7) is 6.45. The van der Waals surface area contributed by atoms with Gasteiger partial charge >= 0.3 is 21.1 Å². The van der Waals surface area contributed by atoms with Gasteiger partial charge in [-0.2, -0.15) is 6.07 Å². The largest absolute Gasteiger partial charge is 2.00 e. The number of pyridine rings is 3. The molecule has 0 saturated heterocycles. The van der Waals surface area contributed by atoms with Crippen LogP contribution in [0.25, 0.3) is 66.3 Å². The minimum atomic E-state index is -0.594. The predicted molar refractivity (Wildman–Crippen MR) is 236 cm³/mol. The fourth-order valence-corrected chi connectivity index (χ4v) is 9.99. The number of para-hydroxylation sites is 1. The molecule has 11 aromatic rings. The summed E-state index contributed by atoms with van der Waals surface area (Å²) in [6, 6.07) is 56.6. The molecule has 6 aromatic carbocycles. The van der Waals surface area contributed by atoms with Gasteiger partial charge in [0.15, 0.2) is 0 Å². The predicted octanol–water partition coefficient (Wildman–Crippen LogP) is 12.2. The van der Waals surface area contributed by atoms with E-state index in [1.165, 1.54) is 33.4 Å². The van der Waals surface area contributed by atoms with Crippen LogP contribution in [0.1, 0.15) is 38.9 Å². The molecular weight excluding hydrogens is 918 g/mol. The van der Waals surface area contributed by atoms with Crippen LogP contribution in [0.2, 0.25) is 0 Å². The first-order valence-corrected chi connectivity index (χ1v) is 19.9. The third-order valence-electron chi connectivity index (χ3n) is 12.2. The number of rotatable bonds is 5. The molecule has 0 spiro atoms. The number of ether oxygens (including phenoxy) is 1. The Kier molecular flexibility index (Phi) is 8.20. The standard InChI is InChI=1S/C53H35N5O.Pt/c1-32-27-33(2)48(34(3)28-32)45-31-57-46-20-12-25-54-49(46)40-24-22-37(29-42(40)51(57)56-45)59-38-21-23-39-41-17-10-18-43-50(41)58(47(39)30-38)52-44(19-11-26-55-52)53(43,35-13-6-4-7-14-35)36-15-8-5-9-16-36;/h4-28,31H,1-3H3;/q-2;+2. The van der Waals surface area contributed by atoms with Crippen molar-refractivity contribution in [2.24, 2.45) is 0 Å². The Labute approximate surface area is 361 Å². The maximum atomic E-state index is 6.71. The van der Waals surface area contributed by atoms with Gasteiger partial charge in [0.25, 0.3) is 0 Å². The summed E-state index contributed by atoms with van der Waals surface area (Å²) in [5.74, 6) is 2.03. The van der Waals surface area contributed by atoms with E-state index < -0.39 is 5.41 Å². The third-order valence-corrected chi connectivity index (χ3v) is 12.2. The van der Waals surface area contributed by atoms with E-state index in [0.717, 1.165) is 71.9 Å². The quantitative estimate of drug-likeness (QED) is 0.127. The molecule has 1 aliphatic heterocycles. The summed E-state index contributed by atoms with van der Waals surface area (Å²) in [7, 11) is 0. The van der Waals surface area contributed by atoms with Crippen molar-refractivity contribution in [3.63, 3.8) is 0 Å². The van der Waals surface area contributed by atoms with Crippen LogP contribution in [0.15, 0.2) is 158 Å². The molecule has 6 heterocycles. The fraction of sp³-hybridized carbons (Fsp3) is 0.0755. The van der Waals surface area contributed by atoms with Gasteiger partial charge in [0.1, 0.15) is 5.82 Å². The monoisotopic (exact) mass is 952 g/mol. The smallest absolute Gasteiger partial charge is 0.503 e. The van der Waals surface area contributed by atoms with Gasteiger partial charge in [-0.3, -0.25) is 9.97 Å². The average Bonchev–Trinajstić information content (AvgIpc) is 3.85. The molecule has 0 fully saturated rings. The molecule has 0 atom stereocenters. The number of fused-ring (bicyclic) bond motifs is 11. The maximum Gasteiger partial charge on any atom is 2.00 e. The molecule has 0 unspecified atom stereocenters. The Morgan fingerprint density at radius 1 is 0.617 bits per heavy atom. The second kappa shape index (κ2) is 13.6. The number of hydrogen-bond donors (Lipinski definition) is 0. The van der Waals surface area contributed by atoms with Crippen molar-refractivity contribution in [3.05, 3.63) is 209 Å². The minimum Gasteiger partial charge on any atom is -0.503 e. The molecule has 12 rings (SSSR count). The number of aromatic nitrogens is 5. The van der Waals surface area contributed by atoms with Crippen molar-refractivity contribution < 1.29 is 25.8 Å². The third kappa shape index (κ3) is 5.07. The first kappa shape index (κ1) is 36.2. The molecule has 5 aromatic heterocycles. The van der Waals surface area contributed by atoms with E-state index in [4.69, 9.17) is 19.7 Å². The second-order valence-electron chi connectivity index (χ2n) is 15.7. The van der Waals surface area contributed by atoms with Gasteiger partial charge in [0.05, 0.1) is 27.8 Å². The van der Waals surface area contributed by atoms with Gasteiger partial charge in [-0.25, -0.2) is 4.98 Å². The second-order valence-corrected chi connectivity index (χ2v) is 15.7. The van der Waals surface area contributed by atoms with Gasteiger partial charge in [-0.05, 0) is 72.2 Å². The topological polar surface area (TPSA) is 57.2 Å². The van der Waals surface area contributed by atoms with E-state index >= 15 is 0 Å². The molecule has 0 radical (unpaired) electrons. The molecule has 288 valence electrons. The summed E-state index contributed by atoms with van der Waals surface area (Å²) >= 11 is 0. The van der Waals surface area contributed by atoms with Crippen molar-refractivity contribution in [2.75, 3.05) is 0 Å². The molecule has 7 heteroatoms. The Balaban J connectivity index is 0.00000408. The Bertz CT molecular complexity index is 3450. The molecule has 0 N–H and O–H groups in total. The van der Waals surface area contributed by atoms with Crippen LogP contribution in [-0.4, -0.2) is 23.9 Å². The summed E-state index contributed by atoms with van der Waals surface area (Å²) in [5, 5.41) is 4.03. The minimum absolute atomic E-state index is 0. The van der Waals surface area contributed by atoms with E-state index in [1.807, 2.05) is 36.7 Å². The molecule has 60 heavy (non-hydrogen) atoms. The maximum absolute atomic E-state index is 6.71. The van der Waals surface area contributed by atoms with Crippen molar-refractivity contribution in [3.8, 4) is 28.6 Å². The number of hydrogen-bond acceptors (Lipinski definition) is 4. The molecule has 0 bridgehead atoms. The van der Waals surface area contributed by atoms with E-state index in [-0.39, 0.29) is 21.1 Å². The Hall–Kier alpha value is -6.88. The van der Waals surface area contributed by atoms with Crippen molar-refractivity contribution in [1.82, 2.24) is 23.9 Å². The fourth-order valence-electron chi connectivity index (χ4n) is 9.99. The van der Waals surface area contributed by atoms with E-state index in [1.54, 1.807) is 0 Å². The molecule has 0 amide bonds. The zero-order valence-corrected chi connectivity index (χ0v) is 35.2. The van der Waals surface area contributed by atoms with Crippen LogP contribution in [0.3, 0.4) is 0 Å². The zero-order valence-electron chi connectivity index (χ0n) is 33.0.